The molecule has 0 spiro atoms. The van der Waals surface area contributed by atoms with Crippen molar-refractivity contribution in [1.29, 1.82) is 0 Å². The lowest BCUT2D eigenvalue weighted by Gasteiger charge is -2.31. The second kappa shape index (κ2) is 10.6. The Morgan fingerprint density at radius 2 is 1.86 bits per heavy atom. The molecule has 9 heteroatoms. The van der Waals surface area contributed by atoms with Gasteiger partial charge in [0.15, 0.2) is 6.80 Å². The molecule has 0 aromatic rings. The number of aliphatic hydroxyl groups is 1. The monoisotopic (exact) mass is 439 g/mol. The van der Waals surface area contributed by atoms with E-state index in [2.05, 4.69) is 0 Å². The maximum Gasteiger partial charge on any atom is 0.192 e. The van der Waals surface area contributed by atoms with Gasteiger partial charge in [0, 0.05) is 18.1 Å². The molecule has 1 N–H and O–H groups in total. The van der Waals surface area contributed by atoms with Gasteiger partial charge in [-0.1, -0.05) is 18.3 Å². The van der Waals surface area contributed by atoms with E-state index in [4.69, 9.17) is 18.7 Å². The van der Waals surface area contributed by atoms with E-state index in [1.807, 2.05) is 41.5 Å². The number of aliphatic hydroxyl groups excluding tert-OH is 1. The van der Waals surface area contributed by atoms with Gasteiger partial charge in [-0.15, -0.1) is 0 Å². The molecule has 7 nitrogen and oxygen atoms in total. The Hall–Kier alpha value is 0.340. The molecular weight excluding hydrogens is 403 g/mol. The van der Waals surface area contributed by atoms with Crippen LogP contribution in [0.1, 0.15) is 54.4 Å². The first-order valence-corrected chi connectivity index (χ1v) is 13.4. The molecule has 1 aliphatic carbocycles. The second-order valence-corrected chi connectivity index (χ2v) is 12.4. The van der Waals surface area contributed by atoms with Crippen LogP contribution in [-0.4, -0.2) is 60.2 Å². The van der Waals surface area contributed by atoms with Crippen LogP contribution in [0.25, 0.3) is 0 Å². The Morgan fingerprint density at radius 3 is 2.46 bits per heavy atom. The van der Waals surface area contributed by atoms with Crippen molar-refractivity contribution in [2.75, 3.05) is 12.4 Å². The average Bonchev–Trinajstić information content (AvgIpc) is 3.02. The quantitative estimate of drug-likeness (QED) is 0.519. The smallest absolute Gasteiger partial charge is 0.192 e. The summed E-state index contributed by atoms with van der Waals surface area (Å²) in [4.78, 5) is 12.6. The molecule has 0 aromatic carbocycles. The fourth-order valence-corrected chi connectivity index (χ4v) is 6.63. The summed E-state index contributed by atoms with van der Waals surface area (Å²) < 4.78 is 35.4. The van der Waals surface area contributed by atoms with Crippen LogP contribution in [0.15, 0.2) is 0 Å². The zero-order chi connectivity index (χ0) is 21.1. The molecule has 166 valence electrons. The molecular formula is C19H36O7PS-. The molecule has 1 heterocycles. The van der Waals surface area contributed by atoms with Crippen LogP contribution < -0.4 is 4.89 Å². The van der Waals surface area contributed by atoms with Crippen molar-refractivity contribution in [2.45, 2.75) is 97.1 Å². The number of rotatable bonds is 10. The third-order valence-corrected chi connectivity index (χ3v) is 8.20. The second-order valence-electron chi connectivity index (χ2n) is 8.58. The lowest BCUT2D eigenvalue weighted by Crippen LogP contribution is -2.32. The fraction of sp³-hybridized carbons (Fsp3) is 1.00. The summed E-state index contributed by atoms with van der Waals surface area (Å²) >= 11 is 0.775. The van der Waals surface area contributed by atoms with Gasteiger partial charge in [-0.25, -0.2) is 0 Å². The molecule has 28 heavy (non-hydrogen) atoms. The van der Waals surface area contributed by atoms with E-state index in [1.54, 1.807) is 0 Å². The van der Waals surface area contributed by atoms with Gasteiger partial charge < -0.3 is 28.7 Å². The maximum absolute atomic E-state index is 12.6. The molecule has 0 amide bonds. The molecule has 1 aliphatic heterocycles. The van der Waals surface area contributed by atoms with Crippen LogP contribution in [0, 0.1) is 11.8 Å². The van der Waals surface area contributed by atoms with Crippen molar-refractivity contribution in [2.24, 2.45) is 11.8 Å². The van der Waals surface area contributed by atoms with Gasteiger partial charge in [0.05, 0.1) is 49.3 Å². The van der Waals surface area contributed by atoms with Gasteiger partial charge in [-0.3, -0.25) is 4.57 Å². The number of hydrogen-bond acceptors (Lipinski definition) is 8. The van der Waals surface area contributed by atoms with Gasteiger partial charge in [0.2, 0.25) is 0 Å². The van der Waals surface area contributed by atoms with Crippen LogP contribution in [0.5, 0.6) is 0 Å². The first-order valence-electron chi connectivity index (χ1n) is 10.2. The van der Waals surface area contributed by atoms with Gasteiger partial charge >= 0.3 is 0 Å². The standard InChI is InChI=1S/C19H37O7PS/c1-11(2)23-9-15-16(7-13(5)19(15)20)26-27(21,22)28-10-18-17(24-12(3)4)8-14(6)25-18/h11-20H,7-10H2,1-6H3,(H,21,22)/p-1. The predicted molar refractivity (Wildman–Crippen MR) is 108 cm³/mol. The molecule has 2 rings (SSSR count). The van der Waals surface area contributed by atoms with Gasteiger partial charge in [-0.05, 0) is 47.0 Å². The fourth-order valence-electron chi connectivity index (χ4n) is 3.87. The zero-order valence-corrected chi connectivity index (χ0v) is 19.5. The molecule has 0 bridgehead atoms. The Balaban J connectivity index is 1.91. The lowest BCUT2D eigenvalue weighted by atomic mass is 10.0. The normalized spacial score (nSPS) is 38.4. The van der Waals surface area contributed by atoms with Crippen molar-refractivity contribution >= 4 is 18.2 Å². The lowest BCUT2D eigenvalue weighted by molar-refractivity contribution is -0.195. The Labute approximate surface area is 173 Å². The molecule has 0 aromatic heterocycles. The van der Waals surface area contributed by atoms with Crippen molar-refractivity contribution in [1.82, 2.24) is 0 Å². The Morgan fingerprint density at radius 1 is 1.18 bits per heavy atom. The first-order chi connectivity index (χ1) is 13.0. The molecule has 2 aliphatic rings. The van der Waals surface area contributed by atoms with Crippen molar-refractivity contribution < 1.29 is 33.3 Å². The summed E-state index contributed by atoms with van der Waals surface area (Å²) in [7, 11) is 0. The average molecular weight is 440 g/mol. The zero-order valence-electron chi connectivity index (χ0n) is 17.8. The summed E-state index contributed by atoms with van der Waals surface area (Å²) in [5, 5.41) is 10.4. The minimum Gasteiger partial charge on any atom is -0.770 e. The van der Waals surface area contributed by atoms with Crippen LogP contribution in [0.2, 0.25) is 0 Å². The van der Waals surface area contributed by atoms with Crippen molar-refractivity contribution in [3.05, 3.63) is 0 Å². The SMILES string of the molecule is CC(C)OCC1C(OP(=O)([O-])SCC2OC(C)CC2OC(C)C)CC(C)C1O. The van der Waals surface area contributed by atoms with Gasteiger partial charge in [0.1, 0.15) is 0 Å². The molecule has 0 radical (unpaired) electrons. The first kappa shape index (κ1) is 24.6. The minimum atomic E-state index is -4.15. The van der Waals surface area contributed by atoms with E-state index in [-0.39, 0.29) is 54.7 Å². The molecule has 2 fully saturated rings. The van der Waals surface area contributed by atoms with Crippen LogP contribution in [-0.2, 0) is 23.3 Å². The van der Waals surface area contributed by atoms with E-state index in [0.717, 1.165) is 17.8 Å². The largest absolute Gasteiger partial charge is 0.770 e. The highest BCUT2D eigenvalue weighted by molar-refractivity contribution is 8.54. The summed E-state index contributed by atoms with van der Waals surface area (Å²) in [6, 6.07) is 0. The van der Waals surface area contributed by atoms with Crippen LogP contribution >= 0.6 is 18.2 Å². The van der Waals surface area contributed by atoms with E-state index >= 15 is 0 Å². The predicted octanol–water partition coefficient (Wildman–Crippen LogP) is 2.99. The van der Waals surface area contributed by atoms with E-state index in [0.29, 0.717) is 6.42 Å². The summed E-state index contributed by atoms with van der Waals surface area (Å²) in [6.45, 7) is 7.74. The van der Waals surface area contributed by atoms with Crippen molar-refractivity contribution in [3.63, 3.8) is 0 Å². The maximum atomic E-state index is 12.6. The Kier molecular flexibility index (Phi) is 9.30. The topological polar surface area (TPSA) is 97.3 Å². The third kappa shape index (κ3) is 7.24. The van der Waals surface area contributed by atoms with E-state index in [1.165, 1.54) is 0 Å². The molecule has 8 atom stereocenters. The van der Waals surface area contributed by atoms with Gasteiger partial charge in [0.25, 0.3) is 0 Å². The molecule has 1 saturated heterocycles. The number of hydrogen-bond donors (Lipinski definition) is 1. The summed E-state index contributed by atoms with van der Waals surface area (Å²) in [6.07, 6.45) is -0.206. The highest BCUT2D eigenvalue weighted by Gasteiger charge is 2.43. The molecule has 8 unspecified atom stereocenters. The van der Waals surface area contributed by atoms with Crippen LogP contribution in [0.3, 0.4) is 0 Å². The van der Waals surface area contributed by atoms with Gasteiger partial charge in [-0.2, -0.15) is 0 Å². The summed E-state index contributed by atoms with van der Waals surface area (Å²) in [5.41, 5.74) is 0. The van der Waals surface area contributed by atoms with E-state index < -0.39 is 19.0 Å². The highest BCUT2D eigenvalue weighted by atomic mass is 32.7. The van der Waals surface area contributed by atoms with Crippen molar-refractivity contribution in [3.8, 4) is 0 Å². The number of ether oxygens (including phenoxy) is 3. The molecule has 1 saturated carbocycles. The van der Waals surface area contributed by atoms with E-state index in [9.17, 15) is 14.6 Å². The van der Waals surface area contributed by atoms with Crippen LogP contribution in [0.4, 0.5) is 0 Å². The summed E-state index contributed by atoms with van der Waals surface area (Å²) in [5.74, 6) is -0.112. The third-order valence-electron chi connectivity index (χ3n) is 5.22. The minimum absolute atomic E-state index is 0.0107. The Bertz CT molecular complexity index is 532. The highest BCUT2D eigenvalue weighted by Crippen LogP contribution is 2.56.